The van der Waals surface area contributed by atoms with E-state index in [2.05, 4.69) is 44.8 Å². The molecule has 1 heterocycles. The van der Waals surface area contributed by atoms with Gasteiger partial charge in [-0.05, 0) is 23.3 Å². The minimum atomic E-state index is 0. The average molecular weight is 540 g/mol. The number of nitrogens with one attached hydrogen (secondary N) is 2. The molecule has 0 aliphatic carbocycles. The first kappa shape index (κ1) is 25.2. The second-order valence-corrected chi connectivity index (χ2v) is 7.16. The van der Waals surface area contributed by atoms with Gasteiger partial charge in [0.1, 0.15) is 11.5 Å². The number of benzene rings is 2. The lowest BCUT2D eigenvalue weighted by Crippen LogP contribution is -2.36. The Kier molecular flexibility index (Phi) is 10.9. The molecule has 0 radical (unpaired) electrons. The fraction of sp³-hybridized carbons (Fsp3) is 0.435. The predicted molar refractivity (Wildman–Crippen MR) is 135 cm³/mol. The van der Waals surface area contributed by atoms with Crippen LogP contribution in [0.3, 0.4) is 0 Å². The third kappa shape index (κ3) is 7.86. The van der Waals surface area contributed by atoms with Crippen molar-refractivity contribution in [1.29, 1.82) is 0 Å². The molecule has 1 fully saturated rings. The summed E-state index contributed by atoms with van der Waals surface area (Å²) in [5, 5.41) is 6.70. The maximum atomic E-state index is 5.46. The summed E-state index contributed by atoms with van der Waals surface area (Å²) >= 11 is 0. The summed E-state index contributed by atoms with van der Waals surface area (Å²) in [7, 11) is 5.08. The Labute approximate surface area is 202 Å². The van der Waals surface area contributed by atoms with E-state index in [0.29, 0.717) is 13.1 Å². The van der Waals surface area contributed by atoms with Gasteiger partial charge in [0.25, 0.3) is 0 Å². The number of hydrogen-bond donors (Lipinski definition) is 2. The quantitative estimate of drug-likeness (QED) is 0.305. The van der Waals surface area contributed by atoms with Gasteiger partial charge in [-0.25, -0.2) is 0 Å². The van der Waals surface area contributed by atoms with Crippen LogP contribution in [0.2, 0.25) is 0 Å². The fourth-order valence-electron chi connectivity index (χ4n) is 3.36. The smallest absolute Gasteiger partial charge is 0.191 e. The Morgan fingerprint density at radius 2 is 1.65 bits per heavy atom. The highest BCUT2D eigenvalue weighted by atomic mass is 127. The largest absolute Gasteiger partial charge is 0.497 e. The summed E-state index contributed by atoms with van der Waals surface area (Å²) in [6.45, 7) is 5.95. The van der Waals surface area contributed by atoms with Gasteiger partial charge in [0.2, 0.25) is 0 Å². The second-order valence-electron chi connectivity index (χ2n) is 7.16. The van der Waals surface area contributed by atoms with Gasteiger partial charge in [0.05, 0.1) is 27.4 Å². The third-order valence-corrected chi connectivity index (χ3v) is 5.16. The van der Waals surface area contributed by atoms with Crippen LogP contribution < -0.4 is 20.1 Å². The summed E-state index contributed by atoms with van der Waals surface area (Å²) in [5.41, 5.74) is 3.58. The Morgan fingerprint density at radius 1 is 0.968 bits per heavy atom. The van der Waals surface area contributed by atoms with Gasteiger partial charge in [0.15, 0.2) is 5.96 Å². The summed E-state index contributed by atoms with van der Waals surface area (Å²) in [6, 6.07) is 14.5. The highest BCUT2D eigenvalue weighted by Crippen LogP contribution is 2.24. The number of guanidine groups is 1. The molecule has 3 rings (SSSR count). The molecule has 2 aromatic carbocycles. The molecule has 8 heteroatoms. The monoisotopic (exact) mass is 540 g/mol. The van der Waals surface area contributed by atoms with Crippen molar-refractivity contribution in [3.8, 4) is 11.5 Å². The zero-order valence-corrected chi connectivity index (χ0v) is 20.8. The molecule has 1 aliphatic rings. The molecule has 170 valence electrons. The van der Waals surface area contributed by atoms with Crippen molar-refractivity contribution in [2.24, 2.45) is 4.99 Å². The Hall–Kier alpha value is -2.04. The molecule has 0 atom stereocenters. The third-order valence-electron chi connectivity index (χ3n) is 5.16. The molecule has 0 aromatic heterocycles. The van der Waals surface area contributed by atoms with Crippen LogP contribution in [0.1, 0.15) is 16.7 Å². The van der Waals surface area contributed by atoms with E-state index in [1.54, 1.807) is 21.3 Å². The van der Waals surface area contributed by atoms with Crippen LogP contribution in [-0.2, 0) is 24.4 Å². The van der Waals surface area contributed by atoms with E-state index in [4.69, 9.17) is 14.2 Å². The number of nitrogens with zero attached hydrogens (tertiary/aromatic N) is 2. The van der Waals surface area contributed by atoms with Gasteiger partial charge >= 0.3 is 0 Å². The lowest BCUT2D eigenvalue weighted by Gasteiger charge is -2.26. The van der Waals surface area contributed by atoms with Gasteiger partial charge in [-0.1, -0.05) is 24.3 Å². The van der Waals surface area contributed by atoms with E-state index in [0.717, 1.165) is 55.9 Å². The molecule has 2 aromatic rings. The predicted octanol–water partition coefficient (Wildman–Crippen LogP) is 3.02. The normalized spacial score (nSPS) is 14.5. The molecular formula is C23H33IN4O3. The molecule has 0 spiro atoms. The number of ether oxygens (including phenoxy) is 3. The lowest BCUT2D eigenvalue weighted by atomic mass is 10.1. The highest BCUT2D eigenvalue weighted by Gasteiger charge is 2.10. The number of halogens is 1. The minimum Gasteiger partial charge on any atom is -0.497 e. The van der Waals surface area contributed by atoms with Crippen LogP contribution in [0.15, 0.2) is 47.5 Å². The van der Waals surface area contributed by atoms with Crippen molar-refractivity contribution in [3.05, 3.63) is 59.2 Å². The Morgan fingerprint density at radius 3 is 2.29 bits per heavy atom. The van der Waals surface area contributed by atoms with Crippen molar-refractivity contribution >= 4 is 29.9 Å². The summed E-state index contributed by atoms with van der Waals surface area (Å²) in [6.07, 6.45) is 0. The average Bonchev–Trinajstić information content (AvgIpc) is 2.80. The highest BCUT2D eigenvalue weighted by molar-refractivity contribution is 14.0. The molecular weight excluding hydrogens is 507 g/mol. The zero-order valence-electron chi connectivity index (χ0n) is 18.5. The first-order valence-corrected chi connectivity index (χ1v) is 10.2. The van der Waals surface area contributed by atoms with Crippen LogP contribution in [-0.4, -0.2) is 58.4 Å². The number of aliphatic imine (C=N–C) groups is 1. The number of morpholine rings is 1. The van der Waals surface area contributed by atoms with E-state index in [1.807, 2.05) is 18.2 Å². The topological polar surface area (TPSA) is 67.4 Å². The second kappa shape index (κ2) is 13.4. The van der Waals surface area contributed by atoms with Gasteiger partial charge < -0.3 is 24.8 Å². The molecule has 1 aliphatic heterocycles. The lowest BCUT2D eigenvalue weighted by molar-refractivity contribution is 0.0342. The zero-order chi connectivity index (χ0) is 21.2. The number of rotatable bonds is 8. The van der Waals surface area contributed by atoms with Crippen LogP contribution in [0, 0.1) is 0 Å². The fourth-order valence-corrected chi connectivity index (χ4v) is 3.36. The summed E-state index contributed by atoms with van der Waals surface area (Å²) < 4.78 is 16.1. The van der Waals surface area contributed by atoms with Crippen LogP contribution in [0.5, 0.6) is 11.5 Å². The molecule has 7 nitrogen and oxygen atoms in total. The van der Waals surface area contributed by atoms with Crippen molar-refractivity contribution in [2.75, 3.05) is 47.6 Å². The first-order valence-electron chi connectivity index (χ1n) is 10.2. The van der Waals surface area contributed by atoms with Gasteiger partial charge in [-0.2, -0.15) is 0 Å². The van der Waals surface area contributed by atoms with Crippen LogP contribution in [0.25, 0.3) is 0 Å². The SMILES string of the molecule is CN=C(NCc1ccc(CN2CCOCC2)cc1)NCc1ccc(OC)cc1OC.I. The molecule has 0 unspecified atom stereocenters. The molecule has 31 heavy (non-hydrogen) atoms. The summed E-state index contributed by atoms with van der Waals surface area (Å²) in [4.78, 5) is 6.74. The molecule has 1 saturated heterocycles. The number of hydrogen-bond acceptors (Lipinski definition) is 5. The van der Waals surface area contributed by atoms with Gasteiger partial charge in [-0.3, -0.25) is 9.89 Å². The number of methoxy groups -OCH3 is 2. The first-order chi connectivity index (χ1) is 14.7. The van der Waals surface area contributed by atoms with Crippen molar-refractivity contribution in [2.45, 2.75) is 19.6 Å². The van der Waals surface area contributed by atoms with Gasteiger partial charge in [-0.15, -0.1) is 24.0 Å². The van der Waals surface area contributed by atoms with Crippen molar-refractivity contribution in [3.63, 3.8) is 0 Å². The maximum absolute atomic E-state index is 5.46. The van der Waals surface area contributed by atoms with E-state index >= 15 is 0 Å². The maximum Gasteiger partial charge on any atom is 0.191 e. The van der Waals surface area contributed by atoms with Gasteiger partial charge in [0, 0.05) is 51.4 Å². The summed E-state index contributed by atoms with van der Waals surface area (Å²) in [5.74, 6) is 2.30. The molecule has 0 amide bonds. The van der Waals surface area contributed by atoms with E-state index < -0.39 is 0 Å². The van der Waals surface area contributed by atoms with E-state index in [1.165, 1.54) is 11.1 Å². The van der Waals surface area contributed by atoms with Crippen molar-refractivity contribution < 1.29 is 14.2 Å². The Bertz CT molecular complexity index is 824. The van der Waals surface area contributed by atoms with Crippen LogP contribution >= 0.6 is 24.0 Å². The van der Waals surface area contributed by atoms with E-state index in [-0.39, 0.29) is 24.0 Å². The molecule has 0 bridgehead atoms. The van der Waals surface area contributed by atoms with Crippen molar-refractivity contribution in [1.82, 2.24) is 15.5 Å². The standard InChI is InChI=1S/C23H32N4O3.HI/c1-24-23(26-16-20-8-9-21(28-2)14-22(20)29-3)25-15-18-4-6-19(7-5-18)17-27-10-12-30-13-11-27;/h4-9,14H,10-13,15-17H2,1-3H3,(H2,24,25,26);1H. The molecule has 2 N–H and O–H groups in total. The van der Waals surface area contributed by atoms with Crippen LogP contribution in [0.4, 0.5) is 0 Å². The minimum absolute atomic E-state index is 0. The van der Waals surface area contributed by atoms with E-state index in [9.17, 15) is 0 Å². The Balaban J connectivity index is 0.00000341. The molecule has 0 saturated carbocycles.